The lowest BCUT2D eigenvalue weighted by molar-refractivity contribution is -0.122. The molecule has 5 heteroatoms. The first kappa shape index (κ1) is 15.2. The largest absolute Gasteiger partial charge is 0.370 e. The van der Waals surface area contributed by atoms with E-state index in [1.165, 1.54) is 0 Å². The Labute approximate surface area is 113 Å². The molecule has 2 amide bonds. The molecule has 1 unspecified atom stereocenters. The van der Waals surface area contributed by atoms with Crippen molar-refractivity contribution in [3.63, 3.8) is 0 Å². The molecule has 0 saturated carbocycles. The van der Waals surface area contributed by atoms with Gasteiger partial charge in [-0.15, -0.1) is 0 Å². The Morgan fingerprint density at radius 3 is 2.42 bits per heavy atom. The van der Waals surface area contributed by atoms with Crippen molar-refractivity contribution in [2.45, 2.75) is 31.7 Å². The van der Waals surface area contributed by atoms with Gasteiger partial charge < -0.3 is 16.8 Å². The molecule has 0 bridgehead atoms. The first-order valence-electron chi connectivity index (χ1n) is 6.48. The van der Waals surface area contributed by atoms with Crippen LogP contribution >= 0.6 is 0 Å². The van der Waals surface area contributed by atoms with E-state index in [1.807, 2.05) is 30.3 Å². The monoisotopic (exact) mass is 263 g/mol. The standard InChI is InChI=1S/C14H21N3O2/c15-12(18)9-5-2-6-10-17-14(19)13(16)11-7-3-1-4-8-11/h1,3-4,7-8,13H,2,5-6,9-10,16H2,(H2,15,18)(H,17,19). The zero-order valence-electron chi connectivity index (χ0n) is 11.0. The fourth-order valence-electron chi connectivity index (χ4n) is 1.73. The van der Waals surface area contributed by atoms with Crippen molar-refractivity contribution in [3.05, 3.63) is 35.9 Å². The highest BCUT2D eigenvalue weighted by atomic mass is 16.2. The highest BCUT2D eigenvalue weighted by Gasteiger charge is 2.14. The Balaban J connectivity index is 2.19. The van der Waals surface area contributed by atoms with Crippen molar-refractivity contribution >= 4 is 11.8 Å². The second kappa shape index (κ2) is 8.26. The first-order valence-corrected chi connectivity index (χ1v) is 6.48. The highest BCUT2D eigenvalue weighted by molar-refractivity contribution is 5.82. The van der Waals surface area contributed by atoms with Crippen LogP contribution < -0.4 is 16.8 Å². The van der Waals surface area contributed by atoms with E-state index in [0.717, 1.165) is 24.8 Å². The summed E-state index contributed by atoms with van der Waals surface area (Å²) in [5.74, 6) is -0.462. The lowest BCUT2D eigenvalue weighted by atomic mass is 10.1. The topological polar surface area (TPSA) is 98.2 Å². The molecule has 0 aliphatic heterocycles. The van der Waals surface area contributed by atoms with Crippen LogP contribution in [0.3, 0.4) is 0 Å². The van der Waals surface area contributed by atoms with Crippen LogP contribution in [0.1, 0.15) is 37.3 Å². The van der Waals surface area contributed by atoms with Crippen molar-refractivity contribution in [3.8, 4) is 0 Å². The molecule has 0 radical (unpaired) electrons. The molecule has 0 heterocycles. The van der Waals surface area contributed by atoms with Crippen LogP contribution in [0, 0.1) is 0 Å². The fourth-order valence-corrected chi connectivity index (χ4v) is 1.73. The highest BCUT2D eigenvalue weighted by Crippen LogP contribution is 2.09. The SMILES string of the molecule is NC(=O)CCCCCNC(=O)C(N)c1ccccc1. The summed E-state index contributed by atoms with van der Waals surface area (Å²) < 4.78 is 0. The van der Waals surface area contributed by atoms with Gasteiger partial charge in [0.1, 0.15) is 6.04 Å². The van der Waals surface area contributed by atoms with E-state index in [-0.39, 0.29) is 11.8 Å². The summed E-state index contributed by atoms with van der Waals surface area (Å²) in [4.78, 5) is 22.3. The number of carbonyl (C=O) groups excluding carboxylic acids is 2. The van der Waals surface area contributed by atoms with Gasteiger partial charge in [-0.25, -0.2) is 0 Å². The average molecular weight is 263 g/mol. The summed E-state index contributed by atoms with van der Waals surface area (Å²) in [5, 5.41) is 2.79. The molecule has 1 aromatic carbocycles. The molecule has 1 atom stereocenters. The van der Waals surface area contributed by atoms with Crippen LogP contribution in [0.4, 0.5) is 0 Å². The maximum Gasteiger partial charge on any atom is 0.241 e. The predicted octanol–water partition coefficient (Wildman–Crippen LogP) is 0.848. The third kappa shape index (κ3) is 6.01. The average Bonchev–Trinajstić information content (AvgIpc) is 2.42. The molecule has 104 valence electrons. The number of benzene rings is 1. The number of nitrogens with one attached hydrogen (secondary N) is 1. The van der Waals surface area contributed by atoms with Gasteiger partial charge in [0.2, 0.25) is 11.8 Å². The lowest BCUT2D eigenvalue weighted by Crippen LogP contribution is -2.34. The lowest BCUT2D eigenvalue weighted by Gasteiger charge is -2.12. The number of hydrogen-bond donors (Lipinski definition) is 3. The molecule has 0 aromatic heterocycles. The molecule has 5 N–H and O–H groups in total. The normalized spacial score (nSPS) is 11.8. The molecular weight excluding hydrogens is 242 g/mol. The van der Waals surface area contributed by atoms with Crippen LogP contribution in [-0.2, 0) is 9.59 Å². The second-order valence-electron chi connectivity index (χ2n) is 4.46. The van der Waals surface area contributed by atoms with Crippen LogP contribution in [0.2, 0.25) is 0 Å². The minimum Gasteiger partial charge on any atom is -0.370 e. The number of rotatable bonds is 8. The molecule has 1 rings (SSSR count). The number of primary amides is 1. The number of hydrogen-bond acceptors (Lipinski definition) is 3. The minimum atomic E-state index is -0.633. The maximum atomic E-state index is 11.8. The van der Waals surface area contributed by atoms with Crippen molar-refractivity contribution in [1.82, 2.24) is 5.32 Å². The van der Waals surface area contributed by atoms with Crippen LogP contribution in [0.25, 0.3) is 0 Å². The molecule has 5 nitrogen and oxygen atoms in total. The summed E-state index contributed by atoms with van der Waals surface area (Å²) in [7, 11) is 0. The van der Waals surface area contributed by atoms with Gasteiger partial charge >= 0.3 is 0 Å². The molecule has 19 heavy (non-hydrogen) atoms. The van der Waals surface area contributed by atoms with Crippen molar-refractivity contribution in [2.75, 3.05) is 6.54 Å². The van der Waals surface area contributed by atoms with Gasteiger partial charge in [-0.3, -0.25) is 9.59 Å². The van der Waals surface area contributed by atoms with Gasteiger partial charge in [0.05, 0.1) is 0 Å². The third-order valence-corrected chi connectivity index (χ3v) is 2.84. The second-order valence-corrected chi connectivity index (χ2v) is 4.46. The van der Waals surface area contributed by atoms with E-state index >= 15 is 0 Å². The third-order valence-electron chi connectivity index (χ3n) is 2.84. The summed E-state index contributed by atoms with van der Waals surface area (Å²) in [6, 6.07) is 8.62. The van der Waals surface area contributed by atoms with Gasteiger partial charge in [-0.1, -0.05) is 36.8 Å². The molecular formula is C14H21N3O2. The fraction of sp³-hybridized carbons (Fsp3) is 0.429. The zero-order chi connectivity index (χ0) is 14.1. The van der Waals surface area contributed by atoms with Gasteiger partial charge in [-0.05, 0) is 18.4 Å². The van der Waals surface area contributed by atoms with Crippen LogP contribution in [0.5, 0.6) is 0 Å². The summed E-state index contributed by atoms with van der Waals surface area (Å²) in [6.45, 7) is 0.568. The van der Waals surface area contributed by atoms with Crippen molar-refractivity contribution in [2.24, 2.45) is 11.5 Å². The van der Waals surface area contributed by atoms with Crippen molar-refractivity contribution < 1.29 is 9.59 Å². The Bertz CT molecular complexity index is 406. The Morgan fingerprint density at radius 1 is 1.11 bits per heavy atom. The molecule has 0 fully saturated rings. The van der Waals surface area contributed by atoms with Crippen LogP contribution in [0.15, 0.2) is 30.3 Å². The number of carbonyl (C=O) groups is 2. The van der Waals surface area contributed by atoms with Gasteiger partial charge in [0, 0.05) is 13.0 Å². The molecule has 0 spiro atoms. The number of amides is 2. The smallest absolute Gasteiger partial charge is 0.241 e. The van der Waals surface area contributed by atoms with E-state index in [0.29, 0.717) is 13.0 Å². The van der Waals surface area contributed by atoms with E-state index in [1.54, 1.807) is 0 Å². The molecule has 1 aromatic rings. The quantitative estimate of drug-likeness (QED) is 0.606. The predicted molar refractivity (Wildman–Crippen MR) is 74.0 cm³/mol. The van der Waals surface area contributed by atoms with E-state index in [9.17, 15) is 9.59 Å². The van der Waals surface area contributed by atoms with Gasteiger partial charge in [-0.2, -0.15) is 0 Å². The zero-order valence-corrected chi connectivity index (χ0v) is 11.0. The summed E-state index contributed by atoms with van der Waals surface area (Å²) in [5.41, 5.74) is 11.7. The number of unbranched alkanes of at least 4 members (excludes halogenated alkanes) is 2. The van der Waals surface area contributed by atoms with E-state index < -0.39 is 6.04 Å². The minimum absolute atomic E-state index is 0.180. The maximum absolute atomic E-state index is 11.8. The summed E-state index contributed by atoms with van der Waals surface area (Å²) >= 11 is 0. The Hall–Kier alpha value is -1.88. The van der Waals surface area contributed by atoms with E-state index in [2.05, 4.69) is 5.32 Å². The molecule has 0 saturated heterocycles. The number of nitrogens with two attached hydrogens (primary N) is 2. The summed E-state index contributed by atoms with van der Waals surface area (Å²) in [6.07, 6.45) is 2.84. The Kier molecular flexibility index (Phi) is 6.60. The molecule has 0 aliphatic carbocycles. The van der Waals surface area contributed by atoms with E-state index in [4.69, 9.17) is 11.5 Å². The van der Waals surface area contributed by atoms with Crippen molar-refractivity contribution in [1.29, 1.82) is 0 Å². The van der Waals surface area contributed by atoms with Gasteiger partial charge in [0.25, 0.3) is 0 Å². The van der Waals surface area contributed by atoms with Gasteiger partial charge in [0.15, 0.2) is 0 Å². The Morgan fingerprint density at radius 2 is 1.79 bits per heavy atom. The molecule has 0 aliphatic rings. The first-order chi connectivity index (χ1) is 9.11. The van der Waals surface area contributed by atoms with Crippen LogP contribution in [-0.4, -0.2) is 18.4 Å².